The molecule has 0 bridgehead atoms. The second-order valence-electron chi connectivity index (χ2n) is 5.66. The molecular formula is C16H22ClN3O2. The van der Waals surface area contributed by atoms with Gasteiger partial charge in [0, 0.05) is 17.1 Å². The molecule has 3 amide bonds. The molecule has 2 rings (SSSR count). The summed E-state index contributed by atoms with van der Waals surface area (Å²) in [5.41, 5.74) is 1.03. The number of imide groups is 1. The molecule has 5 nitrogen and oxygen atoms in total. The fourth-order valence-corrected chi connectivity index (χ4v) is 2.70. The summed E-state index contributed by atoms with van der Waals surface area (Å²) >= 11 is 5.84. The van der Waals surface area contributed by atoms with Gasteiger partial charge in [-0.3, -0.25) is 10.1 Å². The average molecular weight is 324 g/mol. The van der Waals surface area contributed by atoms with Crippen LogP contribution in [0.2, 0.25) is 5.02 Å². The normalized spacial score (nSPS) is 16.3. The predicted molar refractivity (Wildman–Crippen MR) is 86.8 cm³/mol. The van der Waals surface area contributed by atoms with E-state index in [1.807, 2.05) is 31.2 Å². The third-order valence-corrected chi connectivity index (χ3v) is 4.13. The number of carbonyl (C=O) groups is 2. The molecule has 0 aliphatic heterocycles. The number of rotatable bonds is 5. The molecule has 1 aromatic carbocycles. The van der Waals surface area contributed by atoms with Crippen molar-refractivity contribution in [2.75, 3.05) is 6.54 Å². The summed E-state index contributed by atoms with van der Waals surface area (Å²) in [5, 5.41) is 8.93. The maximum Gasteiger partial charge on any atom is 0.321 e. The lowest BCUT2D eigenvalue weighted by Crippen LogP contribution is -2.46. The molecule has 3 N–H and O–H groups in total. The van der Waals surface area contributed by atoms with Gasteiger partial charge in [-0.1, -0.05) is 36.6 Å². The highest BCUT2D eigenvalue weighted by Crippen LogP contribution is 2.17. The third kappa shape index (κ3) is 5.31. The van der Waals surface area contributed by atoms with Crippen LogP contribution in [0.25, 0.3) is 0 Å². The van der Waals surface area contributed by atoms with Gasteiger partial charge in [0.1, 0.15) is 0 Å². The Kier molecular flexibility index (Phi) is 6.21. The average Bonchev–Trinajstić information content (AvgIpc) is 2.98. The van der Waals surface area contributed by atoms with Gasteiger partial charge in [0.05, 0.1) is 6.54 Å². The Bertz CT molecular complexity index is 513. The van der Waals surface area contributed by atoms with E-state index in [2.05, 4.69) is 16.0 Å². The number of amides is 3. The minimum atomic E-state index is -0.405. The molecule has 0 radical (unpaired) electrons. The number of benzene rings is 1. The number of urea groups is 1. The van der Waals surface area contributed by atoms with Gasteiger partial charge in [0.15, 0.2) is 0 Å². The molecule has 0 aromatic heterocycles. The van der Waals surface area contributed by atoms with Crippen LogP contribution in [-0.2, 0) is 4.79 Å². The summed E-state index contributed by atoms with van der Waals surface area (Å²) in [6, 6.07) is 7.23. The second kappa shape index (κ2) is 8.15. The maximum absolute atomic E-state index is 11.8. The molecule has 1 aliphatic carbocycles. The lowest BCUT2D eigenvalue weighted by atomic mass is 10.1. The maximum atomic E-state index is 11.8. The fourth-order valence-electron chi connectivity index (χ4n) is 2.58. The summed E-state index contributed by atoms with van der Waals surface area (Å²) in [6.45, 7) is 2.04. The fraction of sp³-hybridized carbons (Fsp3) is 0.500. The zero-order valence-corrected chi connectivity index (χ0v) is 13.5. The number of hydrogen-bond acceptors (Lipinski definition) is 3. The van der Waals surface area contributed by atoms with Crippen LogP contribution in [0.5, 0.6) is 0 Å². The number of hydrogen-bond donors (Lipinski definition) is 3. The van der Waals surface area contributed by atoms with Crippen molar-refractivity contribution < 1.29 is 9.59 Å². The number of halogens is 1. The quantitative estimate of drug-likeness (QED) is 0.780. The topological polar surface area (TPSA) is 70.2 Å². The van der Waals surface area contributed by atoms with Crippen LogP contribution in [-0.4, -0.2) is 24.5 Å². The van der Waals surface area contributed by atoms with E-state index in [4.69, 9.17) is 11.6 Å². The largest absolute Gasteiger partial charge is 0.335 e. The lowest BCUT2D eigenvalue weighted by Gasteiger charge is -2.15. The highest BCUT2D eigenvalue weighted by Gasteiger charge is 2.18. The Balaban J connectivity index is 1.70. The first-order valence-electron chi connectivity index (χ1n) is 7.64. The van der Waals surface area contributed by atoms with Gasteiger partial charge in [-0.2, -0.15) is 0 Å². The summed E-state index contributed by atoms with van der Waals surface area (Å²) in [4.78, 5) is 23.4. The molecule has 1 aromatic rings. The van der Waals surface area contributed by atoms with Crippen LogP contribution in [0.15, 0.2) is 24.3 Å². The van der Waals surface area contributed by atoms with Crippen molar-refractivity contribution >= 4 is 23.5 Å². The highest BCUT2D eigenvalue weighted by molar-refractivity contribution is 6.30. The van der Waals surface area contributed by atoms with Crippen LogP contribution in [0.1, 0.15) is 44.2 Å². The molecule has 0 heterocycles. The summed E-state index contributed by atoms with van der Waals surface area (Å²) in [5.74, 6) is -0.337. The first-order valence-corrected chi connectivity index (χ1v) is 8.01. The lowest BCUT2D eigenvalue weighted by molar-refractivity contribution is -0.119. The minimum Gasteiger partial charge on any atom is -0.335 e. The summed E-state index contributed by atoms with van der Waals surface area (Å²) in [6.07, 6.45) is 4.26. The van der Waals surface area contributed by atoms with Crippen molar-refractivity contribution in [3.8, 4) is 0 Å². The van der Waals surface area contributed by atoms with Crippen LogP contribution in [0.4, 0.5) is 4.79 Å². The SMILES string of the molecule is C[C@@H](NCC(=O)NC(=O)NC1CCCC1)c1ccc(Cl)cc1. The zero-order chi connectivity index (χ0) is 15.9. The van der Waals surface area contributed by atoms with Gasteiger partial charge in [0.25, 0.3) is 0 Å². The molecule has 1 saturated carbocycles. The Labute approximate surface area is 135 Å². The van der Waals surface area contributed by atoms with E-state index in [9.17, 15) is 9.59 Å². The van der Waals surface area contributed by atoms with E-state index >= 15 is 0 Å². The molecule has 1 atom stereocenters. The van der Waals surface area contributed by atoms with Gasteiger partial charge < -0.3 is 10.6 Å². The smallest absolute Gasteiger partial charge is 0.321 e. The molecule has 0 unspecified atom stereocenters. The Morgan fingerprint density at radius 2 is 1.86 bits per heavy atom. The van der Waals surface area contributed by atoms with Crippen LogP contribution < -0.4 is 16.0 Å². The van der Waals surface area contributed by atoms with Crippen molar-refractivity contribution in [3.63, 3.8) is 0 Å². The van der Waals surface area contributed by atoms with Crippen molar-refractivity contribution in [2.45, 2.75) is 44.7 Å². The first-order chi connectivity index (χ1) is 10.5. The van der Waals surface area contributed by atoms with E-state index < -0.39 is 6.03 Å². The summed E-state index contributed by atoms with van der Waals surface area (Å²) in [7, 11) is 0. The molecular weight excluding hydrogens is 302 g/mol. The minimum absolute atomic E-state index is 0.000843. The highest BCUT2D eigenvalue weighted by atomic mass is 35.5. The Morgan fingerprint density at radius 3 is 2.50 bits per heavy atom. The number of carbonyl (C=O) groups excluding carboxylic acids is 2. The van der Waals surface area contributed by atoms with Crippen LogP contribution in [0.3, 0.4) is 0 Å². The Hall–Kier alpha value is -1.59. The predicted octanol–water partition coefficient (Wildman–Crippen LogP) is 2.76. The van der Waals surface area contributed by atoms with Crippen LogP contribution in [0, 0.1) is 0 Å². The van der Waals surface area contributed by atoms with Crippen molar-refractivity contribution in [1.82, 2.24) is 16.0 Å². The zero-order valence-electron chi connectivity index (χ0n) is 12.7. The molecule has 1 aliphatic rings. The molecule has 0 saturated heterocycles. The van der Waals surface area contributed by atoms with Crippen molar-refractivity contribution in [3.05, 3.63) is 34.9 Å². The molecule has 6 heteroatoms. The molecule has 0 spiro atoms. The van der Waals surface area contributed by atoms with Crippen molar-refractivity contribution in [2.24, 2.45) is 0 Å². The van der Waals surface area contributed by atoms with Gasteiger partial charge in [0.2, 0.25) is 5.91 Å². The van der Waals surface area contributed by atoms with Gasteiger partial charge in [-0.15, -0.1) is 0 Å². The van der Waals surface area contributed by atoms with Gasteiger partial charge in [-0.05, 0) is 37.5 Å². The van der Waals surface area contributed by atoms with Crippen molar-refractivity contribution in [1.29, 1.82) is 0 Å². The third-order valence-electron chi connectivity index (χ3n) is 3.88. The molecule has 120 valence electrons. The van der Waals surface area contributed by atoms with E-state index in [1.165, 1.54) is 0 Å². The van der Waals surface area contributed by atoms with Gasteiger partial charge >= 0.3 is 6.03 Å². The van der Waals surface area contributed by atoms with Gasteiger partial charge in [-0.25, -0.2) is 4.79 Å². The van der Waals surface area contributed by atoms with Crippen LogP contribution >= 0.6 is 11.6 Å². The Morgan fingerprint density at radius 1 is 1.23 bits per heavy atom. The number of nitrogens with one attached hydrogen (secondary N) is 3. The van der Waals surface area contributed by atoms with E-state index in [0.29, 0.717) is 5.02 Å². The summed E-state index contributed by atoms with van der Waals surface area (Å²) < 4.78 is 0. The second-order valence-corrected chi connectivity index (χ2v) is 6.09. The standard InChI is InChI=1S/C16H22ClN3O2/c1-11(12-6-8-13(17)9-7-12)18-10-15(21)20-16(22)19-14-4-2-3-5-14/h6-9,11,14,18H,2-5,10H2,1H3,(H2,19,20,21,22)/t11-/m1/s1. The monoisotopic (exact) mass is 323 g/mol. The van der Waals surface area contributed by atoms with E-state index in [0.717, 1.165) is 31.2 Å². The van der Waals surface area contributed by atoms with E-state index in [1.54, 1.807) is 0 Å². The molecule has 22 heavy (non-hydrogen) atoms. The van der Waals surface area contributed by atoms with E-state index in [-0.39, 0.29) is 24.5 Å². The molecule has 1 fully saturated rings. The first kappa shape index (κ1) is 16.8.